The van der Waals surface area contributed by atoms with Gasteiger partial charge in [0, 0.05) is 11.1 Å². The molecule has 0 aliphatic carbocycles. The Bertz CT molecular complexity index is 596. The van der Waals surface area contributed by atoms with Crippen LogP contribution in [0.4, 0.5) is 0 Å². The van der Waals surface area contributed by atoms with E-state index in [0.29, 0.717) is 13.2 Å². The number of rotatable bonds is 9. The van der Waals surface area contributed by atoms with Crippen molar-refractivity contribution in [2.24, 2.45) is 0 Å². The van der Waals surface area contributed by atoms with E-state index in [-0.39, 0.29) is 0 Å². The lowest BCUT2D eigenvalue weighted by molar-refractivity contribution is -0.686. The van der Waals surface area contributed by atoms with Gasteiger partial charge in [-0.3, -0.25) is 0 Å². The van der Waals surface area contributed by atoms with E-state index in [9.17, 15) is 0 Å². The van der Waals surface area contributed by atoms with Crippen LogP contribution >= 0.6 is 0 Å². The highest BCUT2D eigenvalue weighted by Gasteiger charge is 2.07. The second-order valence-corrected chi connectivity index (χ2v) is 5.19. The molecule has 0 saturated heterocycles. The molecule has 2 aromatic carbocycles. The van der Waals surface area contributed by atoms with Gasteiger partial charge in [0.05, 0.1) is 20.3 Å². The summed E-state index contributed by atoms with van der Waals surface area (Å²) in [5.41, 5.74) is 2.51. The Morgan fingerprint density at radius 3 is 2.04 bits per heavy atom. The SMILES string of the molecule is CCOc1ccc(C[NH2+]Cc2ccc(OC)cc2)cc1OCC. The molecule has 0 unspecified atom stereocenters. The first-order valence-corrected chi connectivity index (χ1v) is 8.10. The van der Waals surface area contributed by atoms with E-state index >= 15 is 0 Å². The molecule has 0 bridgehead atoms. The van der Waals surface area contributed by atoms with Gasteiger partial charge in [0.25, 0.3) is 0 Å². The van der Waals surface area contributed by atoms with Gasteiger partial charge in [0.2, 0.25) is 0 Å². The lowest BCUT2D eigenvalue weighted by atomic mass is 10.2. The molecule has 0 radical (unpaired) electrons. The van der Waals surface area contributed by atoms with Crippen molar-refractivity contribution in [3.63, 3.8) is 0 Å². The van der Waals surface area contributed by atoms with Crippen LogP contribution in [0, 0.1) is 0 Å². The quantitative estimate of drug-likeness (QED) is 0.773. The van der Waals surface area contributed by atoms with Crippen LogP contribution in [0.2, 0.25) is 0 Å². The summed E-state index contributed by atoms with van der Waals surface area (Å²) in [6.45, 7) is 7.08. The molecule has 4 heteroatoms. The number of benzene rings is 2. The predicted molar refractivity (Wildman–Crippen MR) is 91.1 cm³/mol. The summed E-state index contributed by atoms with van der Waals surface area (Å²) in [4.78, 5) is 0. The highest BCUT2D eigenvalue weighted by molar-refractivity contribution is 5.42. The van der Waals surface area contributed by atoms with E-state index in [2.05, 4.69) is 29.6 Å². The zero-order chi connectivity index (χ0) is 16.5. The van der Waals surface area contributed by atoms with E-state index in [4.69, 9.17) is 14.2 Å². The molecule has 0 saturated carbocycles. The average Bonchev–Trinajstić information content (AvgIpc) is 2.58. The first-order valence-electron chi connectivity index (χ1n) is 8.10. The third kappa shape index (κ3) is 5.18. The van der Waals surface area contributed by atoms with E-state index in [1.165, 1.54) is 11.1 Å². The summed E-state index contributed by atoms with van der Waals surface area (Å²) in [5, 5.41) is 2.27. The van der Waals surface area contributed by atoms with Gasteiger partial charge in [-0.1, -0.05) is 0 Å². The highest BCUT2D eigenvalue weighted by Crippen LogP contribution is 2.28. The van der Waals surface area contributed by atoms with Crippen LogP contribution in [0.15, 0.2) is 42.5 Å². The van der Waals surface area contributed by atoms with Gasteiger partial charge in [-0.15, -0.1) is 0 Å². The molecular formula is C19H26NO3+. The molecule has 2 rings (SSSR count). The number of ether oxygens (including phenoxy) is 3. The molecule has 23 heavy (non-hydrogen) atoms. The fourth-order valence-electron chi connectivity index (χ4n) is 2.39. The lowest BCUT2D eigenvalue weighted by Crippen LogP contribution is -2.80. The predicted octanol–water partition coefficient (Wildman–Crippen LogP) is 2.76. The molecule has 2 aromatic rings. The minimum absolute atomic E-state index is 0.638. The highest BCUT2D eigenvalue weighted by atomic mass is 16.5. The summed E-state index contributed by atoms with van der Waals surface area (Å²) in [7, 11) is 1.68. The zero-order valence-corrected chi connectivity index (χ0v) is 14.2. The van der Waals surface area contributed by atoms with Crippen molar-refractivity contribution >= 4 is 0 Å². The molecule has 0 spiro atoms. The van der Waals surface area contributed by atoms with E-state index in [0.717, 1.165) is 30.3 Å². The van der Waals surface area contributed by atoms with Crippen molar-refractivity contribution in [2.45, 2.75) is 26.9 Å². The summed E-state index contributed by atoms with van der Waals surface area (Å²) >= 11 is 0. The van der Waals surface area contributed by atoms with Crippen molar-refractivity contribution in [1.82, 2.24) is 0 Å². The largest absolute Gasteiger partial charge is 0.497 e. The molecule has 0 aliphatic rings. The fourth-order valence-corrected chi connectivity index (χ4v) is 2.39. The Kier molecular flexibility index (Phi) is 6.76. The molecule has 0 heterocycles. The summed E-state index contributed by atoms with van der Waals surface area (Å²) in [6.07, 6.45) is 0. The monoisotopic (exact) mass is 316 g/mol. The maximum atomic E-state index is 5.67. The third-order valence-corrected chi connectivity index (χ3v) is 3.53. The number of quaternary nitrogens is 1. The van der Waals surface area contributed by atoms with Crippen LogP contribution in [0.1, 0.15) is 25.0 Å². The van der Waals surface area contributed by atoms with Crippen LogP contribution < -0.4 is 19.5 Å². The molecule has 2 N–H and O–H groups in total. The molecular weight excluding hydrogens is 290 g/mol. The maximum absolute atomic E-state index is 5.67. The van der Waals surface area contributed by atoms with Crippen LogP contribution in [0.25, 0.3) is 0 Å². The van der Waals surface area contributed by atoms with Crippen LogP contribution in [0.5, 0.6) is 17.2 Å². The Hall–Kier alpha value is -2.20. The Morgan fingerprint density at radius 2 is 1.39 bits per heavy atom. The Balaban J connectivity index is 1.92. The lowest BCUT2D eigenvalue weighted by Gasteiger charge is -2.12. The average molecular weight is 316 g/mol. The smallest absolute Gasteiger partial charge is 0.161 e. The second-order valence-electron chi connectivity index (χ2n) is 5.19. The van der Waals surface area contributed by atoms with Gasteiger partial charge in [0.1, 0.15) is 18.8 Å². The first-order chi connectivity index (χ1) is 11.3. The molecule has 4 nitrogen and oxygen atoms in total. The van der Waals surface area contributed by atoms with Crippen molar-refractivity contribution in [3.05, 3.63) is 53.6 Å². The molecule has 0 aliphatic heterocycles. The van der Waals surface area contributed by atoms with Gasteiger partial charge in [-0.25, -0.2) is 0 Å². The number of hydrogen-bond donors (Lipinski definition) is 1. The minimum Gasteiger partial charge on any atom is -0.497 e. The van der Waals surface area contributed by atoms with Crippen molar-refractivity contribution < 1.29 is 19.5 Å². The normalized spacial score (nSPS) is 10.4. The second kappa shape index (κ2) is 9.06. The van der Waals surface area contributed by atoms with Gasteiger partial charge in [-0.05, 0) is 56.3 Å². The van der Waals surface area contributed by atoms with E-state index in [1.807, 2.05) is 32.0 Å². The van der Waals surface area contributed by atoms with Crippen molar-refractivity contribution in [3.8, 4) is 17.2 Å². The molecule has 0 aromatic heterocycles. The number of methoxy groups -OCH3 is 1. The molecule has 0 amide bonds. The van der Waals surface area contributed by atoms with Gasteiger partial charge in [0.15, 0.2) is 11.5 Å². The Labute approximate surface area is 138 Å². The molecule has 0 atom stereocenters. The Morgan fingerprint density at radius 1 is 0.783 bits per heavy atom. The maximum Gasteiger partial charge on any atom is 0.161 e. The topological polar surface area (TPSA) is 44.3 Å². The van der Waals surface area contributed by atoms with Crippen molar-refractivity contribution in [2.75, 3.05) is 20.3 Å². The first kappa shape index (κ1) is 17.2. The standard InChI is InChI=1S/C19H25NO3/c1-4-22-18-11-8-16(12-19(18)23-5-2)14-20-13-15-6-9-17(21-3)10-7-15/h6-12,20H,4-5,13-14H2,1-3H3/p+1. The number of hydrogen-bond acceptors (Lipinski definition) is 3. The third-order valence-electron chi connectivity index (χ3n) is 3.53. The summed E-state index contributed by atoms with van der Waals surface area (Å²) in [5.74, 6) is 2.53. The molecule has 0 fully saturated rings. The van der Waals surface area contributed by atoms with Gasteiger partial charge < -0.3 is 19.5 Å². The van der Waals surface area contributed by atoms with Gasteiger partial charge >= 0.3 is 0 Å². The molecule has 124 valence electrons. The summed E-state index contributed by atoms with van der Waals surface area (Å²) in [6, 6.07) is 14.3. The van der Waals surface area contributed by atoms with E-state index < -0.39 is 0 Å². The van der Waals surface area contributed by atoms with Crippen LogP contribution in [-0.2, 0) is 13.1 Å². The van der Waals surface area contributed by atoms with Crippen LogP contribution in [-0.4, -0.2) is 20.3 Å². The van der Waals surface area contributed by atoms with Gasteiger partial charge in [-0.2, -0.15) is 0 Å². The summed E-state index contributed by atoms with van der Waals surface area (Å²) < 4.78 is 16.4. The minimum atomic E-state index is 0.638. The number of nitrogens with two attached hydrogens (primary N) is 1. The zero-order valence-electron chi connectivity index (χ0n) is 14.2. The fraction of sp³-hybridized carbons (Fsp3) is 0.368. The van der Waals surface area contributed by atoms with E-state index in [1.54, 1.807) is 7.11 Å². The van der Waals surface area contributed by atoms with Crippen molar-refractivity contribution in [1.29, 1.82) is 0 Å². The van der Waals surface area contributed by atoms with Crippen LogP contribution in [0.3, 0.4) is 0 Å².